The monoisotopic (exact) mass is 292 g/mol. The zero-order chi connectivity index (χ0) is 14.7. The number of hydrogen-bond donors (Lipinski definition) is 0. The van der Waals surface area contributed by atoms with Crippen LogP contribution in [0.25, 0.3) is 10.8 Å². The van der Waals surface area contributed by atoms with Gasteiger partial charge in [0.05, 0.1) is 14.2 Å². The molecule has 2 aromatic carbocycles. The van der Waals surface area contributed by atoms with Crippen molar-refractivity contribution in [3.05, 3.63) is 42.0 Å². The number of Topliss-reactive ketones (excluding diaryl/α,β-unsaturated/α-hetero) is 1. The fraction of sp³-hybridized carbons (Fsp3) is 0.200. The van der Waals surface area contributed by atoms with Gasteiger partial charge in [-0.1, -0.05) is 30.3 Å². The number of alkyl halides is 1. The Bertz CT molecular complexity index is 666. The first-order chi connectivity index (χ1) is 9.60. The van der Waals surface area contributed by atoms with E-state index in [4.69, 9.17) is 16.3 Å². The van der Waals surface area contributed by atoms with E-state index in [1.807, 2.05) is 30.3 Å². The van der Waals surface area contributed by atoms with E-state index in [9.17, 15) is 9.59 Å². The zero-order valence-corrected chi connectivity index (χ0v) is 11.8. The van der Waals surface area contributed by atoms with E-state index in [0.717, 1.165) is 17.9 Å². The van der Waals surface area contributed by atoms with E-state index >= 15 is 0 Å². The number of rotatable bonds is 4. The first-order valence-corrected chi connectivity index (χ1v) is 6.35. The van der Waals surface area contributed by atoms with Gasteiger partial charge in [-0.3, -0.25) is 4.79 Å². The molecule has 2 aromatic rings. The average Bonchev–Trinajstić information content (AvgIpc) is 2.51. The molecule has 0 radical (unpaired) electrons. The number of carbonyl (C=O) groups is 2. The highest BCUT2D eigenvalue weighted by atomic mass is 35.5. The van der Waals surface area contributed by atoms with Gasteiger partial charge in [0.25, 0.3) is 5.78 Å². The molecule has 0 N–H and O–H groups in total. The lowest BCUT2D eigenvalue weighted by Gasteiger charge is -2.15. The molecule has 4 nitrogen and oxygen atoms in total. The van der Waals surface area contributed by atoms with Gasteiger partial charge in [0.2, 0.25) is 0 Å². The lowest BCUT2D eigenvalue weighted by Crippen LogP contribution is -2.20. The Morgan fingerprint density at radius 2 is 1.80 bits per heavy atom. The van der Waals surface area contributed by atoms with E-state index in [1.165, 1.54) is 7.11 Å². The van der Waals surface area contributed by atoms with Gasteiger partial charge in [0.1, 0.15) is 11.1 Å². The van der Waals surface area contributed by atoms with Crippen molar-refractivity contribution < 1.29 is 19.1 Å². The lowest BCUT2D eigenvalue weighted by atomic mass is 9.99. The van der Waals surface area contributed by atoms with Gasteiger partial charge in [0.15, 0.2) is 0 Å². The van der Waals surface area contributed by atoms with Crippen LogP contribution in [-0.2, 0) is 14.3 Å². The molecule has 0 aliphatic rings. The number of ether oxygens (including phenoxy) is 2. The molecule has 0 aliphatic heterocycles. The van der Waals surface area contributed by atoms with E-state index in [0.29, 0.717) is 11.3 Å². The summed E-state index contributed by atoms with van der Waals surface area (Å²) in [5.41, 5.74) is 0.475. The first kappa shape index (κ1) is 14.3. The molecule has 0 bridgehead atoms. The van der Waals surface area contributed by atoms with Crippen molar-refractivity contribution >= 4 is 34.1 Å². The molecule has 0 heterocycles. The summed E-state index contributed by atoms with van der Waals surface area (Å²) in [5, 5.41) is 0.527. The summed E-state index contributed by atoms with van der Waals surface area (Å²) >= 11 is 6.16. The second-order valence-electron chi connectivity index (χ2n) is 4.12. The van der Waals surface area contributed by atoms with Crippen LogP contribution in [0.5, 0.6) is 5.75 Å². The molecule has 0 amide bonds. The number of esters is 1. The summed E-state index contributed by atoms with van der Waals surface area (Å²) in [5.74, 6) is -1.33. The fourth-order valence-electron chi connectivity index (χ4n) is 2.05. The van der Waals surface area contributed by atoms with Crippen molar-refractivity contribution in [1.82, 2.24) is 0 Å². The Morgan fingerprint density at radius 3 is 2.45 bits per heavy atom. The highest BCUT2D eigenvalue weighted by Crippen LogP contribution is 2.36. The van der Waals surface area contributed by atoms with Gasteiger partial charge in [-0.05, 0) is 16.8 Å². The fourth-order valence-corrected chi connectivity index (χ4v) is 2.36. The molecule has 2 rings (SSSR count). The van der Waals surface area contributed by atoms with Crippen LogP contribution in [0, 0.1) is 0 Å². The topological polar surface area (TPSA) is 52.6 Å². The standard InChI is InChI=1S/C15H13ClO4/c1-19-11-8-7-9-5-3-4-6-10(9)12(11)13(16)14(17)15(18)20-2/h3-8,13H,1-2H3. The molecule has 0 saturated heterocycles. The maximum Gasteiger partial charge on any atom is 0.376 e. The number of fused-ring (bicyclic) bond motifs is 1. The lowest BCUT2D eigenvalue weighted by molar-refractivity contribution is -0.151. The van der Waals surface area contributed by atoms with Crippen LogP contribution in [-0.4, -0.2) is 26.0 Å². The molecular formula is C15H13ClO4. The second-order valence-corrected chi connectivity index (χ2v) is 4.56. The van der Waals surface area contributed by atoms with E-state index < -0.39 is 17.1 Å². The highest BCUT2D eigenvalue weighted by Gasteiger charge is 2.29. The van der Waals surface area contributed by atoms with Gasteiger partial charge in [-0.15, -0.1) is 11.6 Å². The summed E-state index contributed by atoms with van der Waals surface area (Å²) in [6.45, 7) is 0. The predicted octanol–water partition coefficient (Wildman–Crippen LogP) is 2.87. The van der Waals surface area contributed by atoms with Gasteiger partial charge in [-0.25, -0.2) is 4.79 Å². The summed E-state index contributed by atoms with van der Waals surface area (Å²) < 4.78 is 9.68. The molecule has 20 heavy (non-hydrogen) atoms. The highest BCUT2D eigenvalue weighted by molar-refractivity contribution is 6.48. The third kappa shape index (κ3) is 2.47. The van der Waals surface area contributed by atoms with Crippen LogP contribution < -0.4 is 4.74 Å². The average molecular weight is 293 g/mol. The van der Waals surface area contributed by atoms with Crippen molar-refractivity contribution in [3.63, 3.8) is 0 Å². The maximum absolute atomic E-state index is 11.9. The van der Waals surface area contributed by atoms with Gasteiger partial charge in [0, 0.05) is 5.56 Å². The van der Waals surface area contributed by atoms with Gasteiger partial charge >= 0.3 is 5.97 Å². The molecule has 0 spiro atoms. The Hall–Kier alpha value is -2.07. The molecule has 104 valence electrons. The summed E-state index contributed by atoms with van der Waals surface area (Å²) in [6, 6.07) is 11.0. The van der Waals surface area contributed by atoms with Crippen molar-refractivity contribution in [1.29, 1.82) is 0 Å². The largest absolute Gasteiger partial charge is 0.496 e. The number of benzene rings is 2. The number of ketones is 1. The third-order valence-corrected chi connectivity index (χ3v) is 3.44. The molecule has 1 atom stereocenters. The molecule has 5 heteroatoms. The van der Waals surface area contributed by atoms with Crippen LogP contribution in [0.4, 0.5) is 0 Å². The van der Waals surface area contributed by atoms with Gasteiger partial charge < -0.3 is 9.47 Å². The number of halogens is 1. The van der Waals surface area contributed by atoms with Gasteiger partial charge in [-0.2, -0.15) is 0 Å². The zero-order valence-electron chi connectivity index (χ0n) is 11.1. The Labute approximate surface area is 121 Å². The van der Waals surface area contributed by atoms with E-state index in [2.05, 4.69) is 4.74 Å². The SMILES string of the molecule is COC(=O)C(=O)C(Cl)c1c(OC)ccc2ccccc12. The molecule has 0 aromatic heterocycles. The molecule has 0 fully saturated rings. The maximum atomic E-state index is 11.9. The van der Waals surface area contributed by atoms with E-state index in [1.54, 1.807) is 6.07 Å². The van der Waals surface area contributed by atoms with Crippen LogP contribution in [0.15, 0.2) is 36.4 Å². The molecule has 1 unspecified atom stereocenters. The minimum absolute atomic E-state index is 0.459. The molecule has 0 saturated carbocycles. The van der Waals surface area contributed by atoms with Crippen molar-refractivity contribution in [2.75, 3.05) is 14.2 Å². The number of hydrogen-bond acceptors (Lipinski definition) is 4. The van der Waals surface area contributed by atoms with E-state index in [-0.39, 0.29) is 0 Å². The minimum atomic E-state index is -1.15. The molecule has 0 aliphatic carbocycles. The normalized spacial score (nSPS) is 11.9. The quantitative estimate of drug-likeness (QED) is 0.494. The van der Waals surface area contributed by atoms with Crippen molar-refractivity contribution in [2.45, 2.75) is 5.38 Å². The summed E-state index contributed by atoms with van der Waals surface area (Å²) in [7, 11) is 2.63. The third-order valence-electron chi connectivity index (χ3n) is 3.02. The van der Waals surface area contributed by atoms with Crippen molar-refractivity contribution in [2.24, 2.45) is 0 Å². The molecular weight excluding hydrogens is 280 g/mol. The number of carbonyl (C=O) groups excluding carboxylic acids is 2. The first-order valence-electron chi connectivity index (χ1n) is 5.92. The Balaban J connectivity index is 2.62. The van der Waals surface area contributed by atoms with Crippen molar-refractivity contribution in [3.8, 4) is 5.75 Å². The van der Waals surface area contributed by atoms with Crippen LogP contribution >= 0.6 is 11.6 Å². The Morgan fingerprint density at radius 1 is 1.10 bits per heavy atom. The predicted molar refractivity (Wildman–Crippen MR) is 76.1 cm³/mol. The van der Waals surface area contributed by atoms with Crippen LogP contribution in [0.1, 0.15) is 10.9 Å². The summed E-state index contributed by atoms with van der Waals surface area (Å²) in [4.78, 5) is 23.3. The van der Waals surface area contributed by atoms with Crippen LogP contribution in [0.3, 0.4) is 0 Å². The minimum Gasteiger partial charge on any atom is -0.496 e. The Kier molecular flexibility index (Phi) is 4.25. The summed E-state index contributed by atoms with van der Waals surface area (Å²) in [6.07, 6.45) is 0. The smallest absolute Gasteiger partial charge is 0.376 e. The van der Waals surface area contributed by atoms with Crippen LogP contribution in [0.2, 0.25) is 0 Å². The second kappa shape index (κ2) is 5.92. The number of methoxy groups -OCH3 is 2.